The molecule has 1 atom stereocenters. The average Bonchev–Trinajstić information content (AvgIpc) is 2.43. The first-order chi connectivity index (χ1) is 9.12. The first kappa shape index (κ1) is 15.7. The zero-order valence-electron chi connectivity index (χ0n) is 12.1. The molecular formula is C16H24FNO. The van der Waals surface area contributed by atoms with Crippen molar-refractivity contribution in [2.75, 3.05) is 13.7 Å². The number of rotatable bonds is 8. The van der Waals surface area contributed by atoms with E-state index in [0.717, 1.165) is 31.4 Å². The van der Waals surface area contributed by atoms with E-state index in [4.69, 9.17) is 4.74 Å². The number of hydrogen-bond donors (Lipinski definition) is 1. The lowest BCUT2D eigenvalue weighted by Crippen LogP contribution is -2.23. The van der Waals surface area contributed by atoms with Crippen LogP contribution in [-0.4, -0.2) is 13.7 Å². The predicted octanol–water partition coefficient (Wildman–Crippen LogP) is 4.23. The maximum atomic E-state index is 14.1. The van der Waals surface area contributed by atoms with Gasteiger partial charge < -0.3 is 10.1 Å². The first-order valence-electron chi connectivity index (χ1n) is 6.85. The van der Waals surface area contributed by atoms with Gasteiger partial charge in [0.25, 0.3) is 0 Å². The average molecular weight is 265 g/mol. The Hall–Kier alpha value is -1.35. The van der Waals surface area contributed by atoms with Gasteiger partial charge in [0.05, 0.1) is 7.11 Å². The lowest BCUT2D eigenvalue weighted by atomic mass is 9.97. The Bertz CT molecular complexity index is 417. The molecule has 0 aromatic heterocycles. The van der Waals surface area contributed by atoms with Crippen molar-refractivity contribution in [1.82, 2.24) is 5.32 Å². The van der Waals surface area contributed by atoms with E-state index in [1.807, 2.05) is 0 Å². The molecular weight excluding hydrogens is 241 g/mol. The van der Waals surface area contributed by atoms with Crippen molar-refractivity contribution in [2.24, 2.45) is 0 Å². The molecule has 1 aromatic rings. The SMILES string of the molecule is C=C(CC)CC(NCCC)c1ccc(OC)cc1F. The monoisotopic (exact) mass is 265 g/mol. The van der Waals surface area contributed by atoms with Crippen LogP contribution in [0.25, 0.3) is 0 Å². The zero-order valence-corrected chi connectivity index (χ0v) is 12.1. The van der Waals surface area contributed by atoms with Crippen LogP contribution in [0.15, 0.2) is 30.4 Å². The van der Waals surface area contributed by atoms with E-state index in [1.54, 1.807) is 19.2 Å². The molecule has 0 aliphatic heterocycles. The molecule has 2 nitrogen and oxygen atoms in total. The van der Waals surface area contributed by atoms with Crippen LogP contribution >= 0.6 is 0 Å². The first-order valence-corrected chi connectivity index (χ1v) is 6.85. The Morgan fingerprint density at radius 3 is 2.68 bits per heavy atom. The van der Waals surface area contributed by atoms with Crippen LogP contribution in [0.3, 0.4) is 0 Å². The van der Waals surface area contributed by atoms with Crippen LogP contribution in [0.5, 0.6) is 5.75 Å². The Kier molecular flexibility index (Phi) is 6.57. The van der Waals surface area contributed by atoms with Crippen LogP contribution < -0.4 is 10.1 Å². The quantitative estimate of drug-likeness (QED) is 0.710. The van der Waals surface area contributed by atoms with Crippen molar-refractivity contribution in [3.63, 3.8) is 0 Å². The highest BCUT2D eigenvalue weighted by molar-refractivity contribution is 5.31. The summed E-state index contributed by atoms with van der Waals surface area (Å²) in [4.78, 5) is 0. The van der Waals surface area contributed by atoms with Gasteiger partial charge in [-0.15, -0.1) is 0 Å². The second-order valence-corrected chi connectivity index (χ2v) is 4.70. The summed E-state index contributed by atoms with van der Waals surface area (Å²) in [5, 5.41) is 3.39. The lowest BCUT2D eigenvalue weighted by Gasteiger charge is -2.20. The van der Waals surface area contributed by atoms with Crippen molar-refractivity contribution in [3.05, 3.63) is 41.7 Å². The molecule has 106 valence electrons. The molecule has 0 radical (unpaired) electrons. The zero-order chi connectivity index (χ0) is 14.3. The molecule has 0 spiro atoms. The number of nitrogens with one attached hydrogen (secondary N) is 1. The molecule has 1 N–H and O–H groups in total. The highest BCUT2D eigenvalue weighted by Crippen LogP contribution is 2.26. The van der Waals surface area contributed by atoms with Gasteiger partial charge in [0.15, 0.2) is 0 Å². The summed E-state index contributed by atoms with van der Waals surface area (Å²) < 4.78 is 19.2. The van der Waals surface area contributed by atoms with Gasteiger partial charge in [-0.05, 0) is 31.9 Å². The molecule has 1 rings (SSSR count). The van der Waals surface area contributed by atoms with E-state index in [-0.39, 0.29) is 11.9 Å². The van der Waals surface area contributed by atoms with Crippen LogP contribution in [0.1, 0.15) is 44.7 Å². The van der Waals surface area contributed by atoms with Gasteiger partial charge in [0, 0.05) is 17.7 Å². The van der Waals surface area contributed by atoms with Crippen molar-refractivity contribution >= 4 is 0 Å². The highest BCUT2D eigenvalue weighted by atomic mass is 19.1. The fourth-order valence-electron chi connectivity index (χ4n) is 1.96. The Balaban J connectivity index is 2.92. The summed E-state index contributed by atoms with van der Waals surface area (Å²) in [6.07, 6.45) is 2.70. The molecule has 1 unspecified atom stereocenters. The van der Waals surface area contributed by atoms with E-state index < -0.39 is 0 Å². The molecule has 0 amide bonds. The maximum Gasteiger partial charge on any atom is 0.131 e. The van der Waals surface area contributed by atoms with Gasteiger partial charge in [-0.3, -0.25) is 0 Å². The standard InChI is InChI=1S/C16H24FNO/c1-5-9-18-16(10-12(3)6-2)14-8-7-13(19-4)11-15(14)17/h7-8,11,16,18H,3,5-6,9-10H2,1-2,4H3. The third kappa shape index (κ3) is 4.67. The molecule has 0 fully saturated rings. The molecule has 0 bridgehead atoms. The van der Waals surface area contributed by atoms with Crippen molar-refractivity contribution in [2.45, 2.75) is 39.2 Å². The Labute approximate surface area is 115 Å². The molecule has 0 aliphatic rings. The molecule has 1 aromatic carbocycles. The summed E-state index contributed by atoms with van der Waals surface area (Å²) in [7, 11) is 1.54. The minimum atomic E-state index is -0.225. The minimum absolute atomic E-state index is 0.0155. The smallest absolute Gasteiger partial charge is 0.131 e. The second kappa shape index (κ2) is 7.95. The number of methoxy groups -OCH3 is 1. The van der Waals surface area contributed by atoms with E-state index in [0.29, 0.717) is 11.3 Å². The summed E-state index contributed by atoms with van der Waals surface area (Å²) in [6.45, 7) is 9.06. The van der Waals surface area contributed by atoms with Crippen molar-refractivity contribution in [3.8, 4) is 5.75 Å². The van der Waals surface area contributed by atoms with Crippen LogP contribution in [0.4, 0.5) is 4.39 Å². The number of benzene rings is 1. The van der Waals surface area contributed by atoms with Gasteiger partial charge in [0.1, 0.15) is 11.6 Å². The molecule has 0 aliphatic carbocycles. The van der Waals surface area contributed by atoms with Crippen LogP contribution in [0, 0.1) is 5.82 Å². The fraction of sp³-hybridized carbons (Fsp3) is 0.500. The van der Waals surface area contributed by atoms with E-state index >= 15 is 0 Å². The fourth-order valence-corrected chi connectivity index (χ4v) is 1.96. The third-order valence-corrected chi connectivity index (χ3v) is 3.22. The number of hydrogen-bond acceptors (Lipinski definition) is 2. The van der Waals surface area contributed by atoms with E-state index in [2.05, 4.69) is 25.7 Å². The summed E-state index contributed by atoms with van der Waals surface area (Å²) in [5.41, 5.74) is 1.81. The molecule has 3 heteroatoms. The largest absolute Gasteiger partial charge is 0.497 e. The maximum absolute atomic E-state index is 14.1. The van der Waals surface area contributed by atoms with Gasteiger partial charge in [-0.25, -0.2) is 4.39 Å². The molecule has 0 heterocycles. The van der Waals surface area contributed by atoms with Gasteiger partial charge >= 0.3 is 0 Å². The number of ether oxygens (including phenoxy) is 1. The predicted molar refractivity (Wildman–Crippen MR) is 78.0 cm³/mol. The molecule has 19 heavy (non-hydrogen) atoms. The van der Waals surface area contributed by atoms with Gasteiger partial charge in [0.2, 0.25) is 0 Å². The topological polar surface area (TPSA) is 21.3 Å². The summed E-state index contributed by atoms with van der Waals surface area (Å²) in [5.74, 6) is 0.321. The van der Waals surface area contributed by atoms with Gasteiger partial charge in [-0.2, -0.15) is 0 Å². The Morgan fingerprint density at radius 2 is 2.16 bits per heavy atom. The summed E-state index contributed by atoms with van der Waals surface area (Å²) >= 11 is 0. The molecule has 0 saturated heterocycles. The second-order valence-electron chi connectivity index (χ2n) is 4.70. The number of halogens is 1. The van der Waals surface area contributed by atoms with Crippen LogP contribution in [-0.2, 0) is 0 Å². The van der Waals surface area contributed by atoms with E-state index in [9.17, 15) is 4.39 Å². The van der Waals surface area contributed by atoms with Gasteiger partial charge in [-0.1, -0.05) is 32.1 Å². The normalized spacial score (nSPS) is 12.2. The lowest BCUT2D eigenvalue weighted by molar-refractivity contribution is 0.408. The minimum Gasteiger partial charge on any atom is -0.497 e. The summed E-state index contributed by atoms with van der Waals surface area (Å²) in [6, 6.07) is 5.02. The highest BCUT2D eigenvalue weighted by Gasteiger charge is 2.16. The Morgan fingerprint density at radius 1 is 1.42 bits per heavy atom. The molecule has 0 saturated carbocycles. The van der Waals surface area contributed by atoms with Crippen LogP contribution in [0.2, 0.25) is 0 Å². The van der Waals surface area contributed by atoms with Crippen molar-refractivity contribution in [1.29, 1.82) is 0 Å². The van der Waals surface area contributed by atoms with E-state index in [1.165, 1.54) is 6.07 Å². The van der Waals surface area contributed by atoms with Crippen molar-refractivity contribution < 1.29 is 9.13 Å². The third-order valence-electron chi connectivity index (χ3n) is 3.22.